The third-order valence-corrected chi connectivity index (χ3v) is 4.63. The Morgan fingerprint density at radius 3 is 2.68 bits per heavy atom. The number of hydrogen-bond donors (Lipinski definition) is 2. The van der Waals surface area contributed by atoms with Crippen LogP contribution in [-0.4, -0.2) is 44.3 Å². The van der Waals surface area contributed by atoms with Crippen LogP contribution in [0.15, 0.2) is 18.2 Å². The Labute approximate surface area is 148 Å². The van der Waals surface area contributed by atoms with Crippen molar-refractivity contribution in [3.05, 3.63) is 34.9 Å². The van der Waals surface area contributed by atoms with Gasteiger partial charge in [0.2, 0.25) is 5.91 Å². The van der Waals surface area contributed by atoms with Crippen LogP contribution in [0.3, 0.4) is 0 Å². The van der Waals surface area contributed by atoms with Crippen molar-refractivity contribution < 1.29 is 14.3 Å². The minimum Gasteiger partial charge on any atom is -0.442 e. The molecule has 134 valence electrons. The lowest BCUT2D eigenvalue weighted by Gasteiger charge is -2.21. The van der Waals surface area contributed by atoms with E-state index >= 15 is 0 Å². The molecule has 3 rings (SSSR count). The Morgan fingerprint density at radius 2 is 2.08 bits per heavy atom. The molecule has 6 nitrogen and oxygen atoms in total. The maximum absolute atomic E-state index is 12.2. The van der Waals surface area contributed by atoms with Gasteiger partial charge in [0.05, 0.1) is 13.1 Å². The number of ether oxygens (including phenoxy) is 1. The number of rotatable bonds is 4. The molecular formula is C19H25N3O3. The fraction of sp³-hybridized carbons (Fsp3) is 0.474. The van der Waals surface area contributed by atoms with Crippen molar-refractivity contribution in [3.63, 3.8) is 0 Å². The molecule has 0 radical (unpaired) electrons. The van der Waals surface area contributed by atoms with E-state index in [2.05, 4.69) is 30.6 Å². The maximum atomic E-state index is 12.2. The Hall–Kier alpha value is -2.34. The molecule has 2 amide bonds. The standard InChI is InChI=1S/C19H25N3O3/c1-12-7-16(8-13(2)18(12)15-5-4-6-20-9-15)22-11-17(25-19(22)24)10-21-14(3)23/h5,7-8,17,20H,4,6,9-11H2,1-3H3,(H,21,23)/t17-/m0/s1. The van der Waals surface area contributed by atoms with E-state index in [1.54, 1.807) is 4.90 Å². The predicted molar refractivity (Wildman–Crippen MR) is 97.7 cm³/mol. The molecule has 2 heterocycles. The zero-order valence-corrected chi connectivity index (χ0v) is 15.0. The molecule has 25 heavy (non-hydrogen) atoms. The van der Waals surface area contributed by atoms with E-state index in [1.807, 2.05) is 12.1 Å². The third kappa shape index (κ3) is 3.85. The first-order valence-corrected chi connectivity index (χ1v) is 8.69. The van der Waals surface area contributed by atoms with E-state index in [0.717, 1.165) is 36.3 Å². The topological polar surface area (TPSA) is 70.7 Å². The Bertz CT molecular complexity index is 704. The summed E-state index contributed by atoms with van der Waals surface area (Å²) in [6.07, 6.45) is 2.65. The largest absolute Gasteiger partial charge is 0.442 e. The van der Waals surface area contributed by atoms with Crippen LogP contribution in [0.25, 0.3) is 5.57 Å². The van der Waals surface area contributed by atoms with Crippen LogP contribution in [0.4, 0.5) is 10.5 Å². The summed E-state index contributed by atoms with van der Waals surface area (Å²) in [5.41, 5.74) is 5.74. The summed E-state index contributed by atoms with van der Waals surface area (Å²) in [4.78, 5) is 24.9. The highest BCUT2D eigenvalue weighted by molar-refractivity contribution is 5.91. The monoisotopic (exact) mass is 343 g/mol. The second kappa shape index (κ2) is 7.27. The molecule has 2 aliphatic rings. The molecular weight excluding hydrogens is 318 g/mol. The van der Waals surface area contributed by atoms with Gasteiger partial charge in [0, 0.05) is 19.2 Å². The normalized spacial score (nSPS) is 20.3. The van der Waals surface area contributed by atoms with Crippen molar-refractivity contribution in [1.29, 1.82) is 0 Å². The number of benzene rings is 1. The Balaban J connectivity index is 1.80. The van der Waals surface area contributed by atoms with Gasteiger partial charge in [0.1, 0.15) is 6.10 Å². The molecule has 1 aromatic carbocycles. The van der Waals surface area contributed by atoms with Gasteiger partial charge < -0.3 is 15.4 Å². The fourth-order valence-electron chi connectivity index (χ4n) is 3.53. The number of carbonyl (C=O) groups excluding carboxylic acids is 2. The number of carbonyl (C=O) groups is 2. The van der Waals surface area contributed by atoms with Crippen molar-refractivity contribution in [3.8, 4) is 0 Å². The fourth-order valence-corrected chi connectivity index (χ4v) is 3.53. The number of nitrogens with zero attached hydrogens (tertiary/aromatic N) is 1. The van der Waals surface area contributed by atoms with Crippen LogP contribution in [-0.2, 0) is 9.53 Å². The highest BCUT2D eigenvalue weighted by atomic mass is 16.6. The van der Waals surface area contributed by atoms with E-state index in [9.17, 15) is 9.59 Å². The van der Waals surface area contributed by atoms with Crippen LogP contribution >= 0.6 is 0 Å². The second-order valence-electron chi connectivity index (χ2n) is 6.70. The van der Waals surface area contributed by atoms with Crippen LogP contribution in [0.5, 0.6) is 0 Å². The van der Waals surface area contributed by atoms with Gasteiger partial charge in [0.15, 0.2) is 0 Å². The molecule has 6 heteroatoms. The van der Waals surface area contributed by atoms with Crippen molar-refractivity contribution in [2.45, 2.75) is 33.3 Å². The molecule has 2 N–H and O–H groups in total. The van der Waals surface area contributed by atoms with Crippen molar-refractivity contribution in [2.75, 3.05) is 31.1 Å². The molecule has 0 bridgehead atoms. The first kappa shape index (κ1) is 17.5. The molecule has 0 unspecified atom stereocenters. The zero-order chi connectivity index (χ0) is 18.0. The lowest BCUT2D eigenvalue weighted by molar-refractivity contribution is -0.119. The summed E-state index contributed by atoms with van der Waals surface area (Å²) >= 11 is 0. The summed E-state index contributed by atoms with van der Waals surface area (Å²) in [6.45, 7) is 8.30. The molecule has 0 aliphatic carbocycles. The number of anilines is 1. The summed E-state index contributed by atoms with van der Waals surface area (Å²) < 4.78 is 5.36. The first-order chi connectivity index (χ1) is 12.0. The number of cyclic esters (lactones) is 1. The van der Waals surface area contributed by atoms with E-state index in [4.69, 9.17) is 4.74 Å². The maximum Gasteiger partial charge on any atom is 0.414 e. The van der Waals surface area contributed by atoms with E-state index in [0.29, 0.717) is 13.1 Å². The highest BCUT2D eigenvalue weighted by Crippen LogP contribution is 2.31. The Kier molecular flexibility index (Phi) is 5.08. The number of hydrogen-bond acceptors (Lipinski definition) is 4. The van der Waals surface area contributed by atoms with Crippen LogP contribution in [0.2, 0.25) is 0 Å². The molecule has 0 aromatic heterocycles. The Morgan fingerprint density at radius 1 is 1.36 bits per heavy atom. The summed E-state index contributed by atoms with van der Waals surface area (Å²) in [6, 6.07) is 4.08. The average molecular weight is 343 g/mol. The minimum absolute atomic E-state index is 0.125. The van der Waals surface area contributed by atoms with Crippen LogP contribution < -0.4 is 15.5 Å². The molecule has 1 atom stereocenters. The van der Waals surface area contributed by atoms with E-state index < -0.39 is 0 Å². The quantitative estimate of drug-likeness (QED) is 0.879. The lowest BCUT2D eigenvalue weighted by atomic mass is 9.92. The molecule has 0 spiro atoms. The van der Waals surface area contributed by atoms with Crippen LogP contribution in [0, 0.1) is 13.8 Å². The van der Waals surface area contributed by atoms with Crippen LogP contribution in [0.1, 0.15) is 30.0 Å². The van der Waals surface area contributed by atoms with Gasteiger partial charge in [-0.05, 0) is 61.2 Å². The van der Waals surface area contributed by atoms with Gasteiger partial charge in [-0.1, -0.05) is 6.08 Å². The zero-order valence-electron chi connectivity index (χ0n) is 15.0. The molecule has 0 saturated carbocycles. The number of nitrogens with one attached hydrogen (secondary N) is 2. The van der Waals surface area contributed by atoms with Gasteiger partial charge in [-0.3, -0.25) is 9.69 Å². The third-order valence-electron chi connectivity index (χ3n) is 4.63. The number of amides is 2. The smallest absolute Gasteiger partial charge is 0.414 e. The summed E-state index contributed by atoms with van der Waals surface area (Å²) in [5.74, 6) is -0.125. The van der Waals surface area contributed by atoms with Crippen molar-refractivity contribution in [1.82, 2.24) is 10.6 Å². The van der Waals surface area contributed by atoms with E-state index in [-0.39, 0.29) is 18.1 Å². The van der Waals surface area contributed by atoms with Gasteiger partial charge in [0.25, 0.3) is 0 Å². The highest BCUT2D eigenvalue weighted by Gasteiger charge is 2.32. The van der Waals surface area contributed by atoms with Crippen molar-refractivity contribution in [2.24, 2.45) is 0 Å². The molecule has 1 aromatic rings. The van der Waals surface area contributed by atoms with Gasteiger partial charge in [-0.25, -0.2) is 4.79 Å². The number of aryl methyl sites for hydroxylation is 2. The summed E-state index contributed by atoms with van der Waals surface area (Å²) in [7, 11) is 0. The molecule has 1 saturated heterocycles. The minimum atomic E-state index is -0.361. The average Bonchev–Trinajstić information content (AvgIpc) is 2.94. The predicted octanol–water partition coefficient (Wildman–Crippen LogP) is 2.14. The SMILES string of the molecule is CC(=O)NC[C@H]1CN(c2cc(C)c(C3=CCCNC3)c(C)c2)C(=O)O1. The van der Waals surface area contributed by atoms with Gasteiger partial charge in [-0.2, -0.15) is 0 Å². The molecule has 2 aliphatic heterocycles. The van der Waals surface area contributed by atoms with Gasteiger partial charge >= 0.3 is 6.09 Å². The van der Waals surface area contributed by atoms with Crippen molar-refractivity contribution >= 4 is 23.3 Å². The van der Waals surface area contributed by atoms with Gasteiger partial charge in [-0.15, -0.1) is 0 Å². The van der Waals surface area contributed by atoms with E-state index in [1.165, 1.54) is 18.1 Å². The first-order valence-electron chi connectivity index (χ1n) is 8.69. The second-order valence-corrected chi connectivity index (χ2v) is 6.70. The lowest BCUT2D eigenvalue weighted by Crippen LogP contribution is -2.33. The molecule has 1 fully saturated rings. The summed E-state index contributed by atoms with van der Waals surface area (Å²) in [5, 5.41) is 6.10.